The number of nitrogens with one attached hydrogen (secondary N) is 2. The summed E-state index contributed by atoms with van der Waals surface area (Å²) in [5, 5.41) is 7.86. The van der Waals surface area contributed by atoms with E-state index in [1.54, 1.807) is 4.90 Å². The predicted molar refractivity (Wildman–Crippen MR) is 103 cm³/mol. The van der Waals surface area contributed by atoms with Crippen LogP contribution in [-0.2, 0) is 4.79 Å². The molecule has 3 amide bonds. The van der Waals surface area contributed by atoms with Gasteiger partial charge in [0.25, 0.3) is 0 Å². The van der Waals surface area contributed by atoms with Crippen molar-refractivity contribution in [2.24, 2.45) is 0 Å². The van der Waals surface area contributed by atoms with E-state index in [1.165, 1.54) is 0 Å². The van der Waals surface area contributed by atoms with Crippen molar-refractivity contribution < 1.29 is 9.59 Å². The lowest BCUT2D eigenvalue weighted by molar-refractivity contribution is -0.117. The molecule has 0 spiro atoms. The third kappa shape index (κ3) is 3.24. The number of nitrogens with zero attached hydrogens (tertiary/aromatic N) is 1. The molecule has 0 aromatic heterocycles. The summed E-state index contributed by atoms with van der Waals surface area (Å²) in [5.41, 5.74) is 1.61. The zero-order valence-electron chi connectivity index (χ0n) is 14.2. The first-order valence-electron chi connectivity index (χ1n) is 8.61. The van der Waals surface area contributed by atoms with Crippen LogP contribution in [0.4, 0.5) is 16.2 Å². The minimum atomic E-state index is -0.297. The Bertz CT molecular complexity index is 950. The second-order valence-electron chi connectivity index (χ2n) is 6.37. The van der Waals surface area contributed by atoms with Crippen LogP contribution in [0.15, 0.2) is 72.8 Å². The van der Waals surface area contributed by atoms with Crippen LogP contribution >= 0.6 is 0 Å². The standard InChI is InChI=1S/C21H19N3O2/c25-20-13-16(14-24(20)17-9-2-1-3-10-17)22-21(26)23-19-12-6-8-15-7-4-5-11-18(15)19/h1-12,16H,13-14H2,(H2,22,23,26)/t16-/m1/s1. The fraction of sp³-hybridized carbons (Fsp3) is 0.143. The molecule has 5 nitrogen and oxygen atoms in total. The summed E-state index contributed by atoms with van der Waals surface area (Å²) >= 11 is 0. The first-order chi connectivity index (χ1) is 12.7. The van der Waals surface area contributed by atoms with Gasteiger partial charge >= 0.3 is 6.03 Å². The monoisotopic (exact) mass is 345 g/mol. The van der Waals surface area contributed by atoms with E-state index >= 15 is 0 Å². The van der Waals surface area contributed by atoms with Crippen LogP contribution in [0.1, 0.15) is 6.42 Å². The molecule has 0 saturated carbocycles. The molecule has 1 atom stereocenters. The molecule has 26 heavy (non-hydrogen) atoms. The van der Waals surface area contributed by atoms with Gasteiger partial charge in [-0.3, -0.25) is 4.79 Å². The Hall–Kier alpha value is -3.34. The highest BCUT2D eigenvalue weighted by Gasteiger charge is 2.31. The molecular formula is C21H19N3O2. The molecule has 130 valence electrons. The van der Waals surface area contributed by atoms with E-state index < -0.39 is 0 Å². The molecule has 1 heterocycles. The minimum Gasteiger partial charge on any atom is -0.333 e. The summed E-state index contributed by atoms with van der Waals surface area (Å²) in [6.45, 7) is 0.478. The number of rotatable bonds is 3. The van der Waals surface area contributed by atoms with E-state index in [9.17, 15) is 9.59 Å². The Morgan fingerprint density at radius 3 is 2.50 bits per heavy atom. The van der Waals surface area contributed by atoms with Crippen molar-refractivity contribution in [1.29, 1.82) is 0 Å². The van der Waals surface area contributed by atoms with Crippen LogP contribution in [0, 0.1) is 0 Å². The van der Waals surface area contributed by atoms with Crippen LogP contribution in [0.25, 0.3) is 10.8 Å². The molecule has 1 aliphatic heterocycles. The van der Waals surface area contributed by atoms with Gasteiger partial charge in [-0.25, -0.2) is 4.79 Å². The average molecular weight is 345 g/mol. The second-order valence-corrected chi connectivity index (χ2v) is 6.37. The number of benzene rings is 3. The maximum Gasteiger partial charge on any atom is 0.319 e. The van der Waals surface area contributed by atoms with Gasteiger partial charge in [-0.1, -0.05) is 54.6 Å². The zero-order valence-corrected chi connectivity index (χ0v) is 14.2. The molecule has 2 N–H and O–H groups in total. The summed E-state index contributed by atoms with van der Waals surface area (Å²) in [4.78, 5) is 26.4. The van der Waals surface area contributed by atoms with E-state index in [2.05, 4.69) is 10.6 Å². The maximum atomic E-state index is 12.4. The Kier molecular flexibility index (Phi) is 4.27. The number of urea groups is 1. The van der Waals surface area contributed by atoms with Gasteiger partial charge in [0.2, 0.25) is 5.91 Å². The molecule has 1 fully saturated rings. The van der Waals surface area contributed by atoms with Crippen molar-refractivity contribution >= 4 is 34.1 Å². The second kappa shape index (κ2) is 6.88. The first kappa shape index (κ1) is 16.1. The SMILES string of the molecule is O=C(Nc1cccc2ccccc12)N[C@@H]1CC(=O)N(c2ccccc2)C1. The van der Waals surface area contributed by atoms with Crippen molar-refractivity contribution in [2.45, 2.75) is 12.5 Å². The smallest absolute Gasteiger partial charge is 0.319 e. The van der Waals surface area contributed by atoms with Crippen LogP contribution in [-0.4, -0.2) is 24.5 Å². The lowest BCUT2D eigenvalue weighted by atomic mass is 10.1. The first-order valence-corrected chi connectivity index (χ1v) is 8.61. The average Bonchev–Trinajstić information content (AvgIpc) is 3.03. The van der Waals surface area contributed by atoms with Crippen molar-refractivity contribution in [3.63, 3.8) is 0 Å². The fourth-order valence-electron chi connectivity index (χ4n) is 3.34. The normalized spacial score (nSPS) is 16.7. The number of anilines is 2. The molecule has 0 bridgehead atoms. The highest BCUT2D eigenvalue weighted by molar-refractivity contribution is 6.02. The number of para-hydroxylation sites is 1. The lowest BCUT2D eigenvalue weighted by Crippen LogP contribution is -2.39. The third-order valence-electron chi connectivity index (χ3n) is 4.57. The van der Waals surface area contributed by atoms with Crippen molar-refractivity contribution in [1.82, 2.24) is 5.32 Å². The molecule has 0 radical (unpaired) electrons. The number of fused-ring (bicyclic) bond motifs is 1. The van der Waals surface area contributed by atoms with Gasteiger partial charge in [0, 0.05) is 24.0 Å². The third-order valence-corrected chi connectivity index (χ3v) is 4.57. The quantitative estimate of drug-likeness (QED) is 0.759. The Morgan fingerprint density at radius 2 is 1.65 bits per heavy atom. The van der Waals surface area contributed by atoms with Crippen molar-refractivity contribution in [2.75, 3.05) is 16.8 Å². The van der Waals surface area contributed by atoms with Gasteiger partial charge in [0.1, 0.15) is 0 Å². The van der Waals surface area contributed by atoms with Crippen LogP contribution in [0.2, 0.25) is 0 Å². The number of hydrogen-bond acceptors (Lipinski definition) is 2. The highest BCUT2D eigenvalue weighted by Crippen LogP contribution is 2.24. The van der Waals surface area contributed by atoms with Gasteiger partial charge in [0.15, 0.2) is 0 Å². The van der Waals surface area contributed by atoms with E-state index in [-0.39, 0.29) is 18.0 Å². The maximum absolute atomic E-state index is 12.4. The summed E-state index contributed by atoms with van der Waals surface area (Å²) in [7, 11) is 0. The Balaban J connectivity index is 1.43. The largest absolute Gasteiger partial charge is 0.333 e. The molecule has 3 aromatic carbocycles. The number of carbonyl (C=O) groups excluding carboxylic acids is 2. The molecule has 5 heteroatoms. The molecule has 1 aliphatic rings. The van der Waals surface area contributed by atoms with Gasteiger partial charge in [-0.2, -0.15) is 0 Å². The molecule has 3 aromatic rings. The van der Waals surface area contributed by atoms with Crippen LogP contribution < -0.4 is 15.5 Å². The Labute approximate surface area is 151 Å². The van der Waals surface area contributed by atoms with E-state index in [4.69, 9.17) is 0 Å². The van der Waals surface area contributed by atoms with Crippen molar-refractivity contribution in [3.8, 4) is 0 Å². The van der Waals surface area contributed by atoms with Crippen molar-refractivity contribution in [3.05, 3.63) is 72.8 Å². The molecule has 1 saturated heterocycles. The van der Waals surface area contributed by atoms with Gasteiger partial charge < -0.3 is 15.5 Å². The van der Waals surface area contributed by atoms with E-state index in [0.29, 0.717) is 13.0 Å². The van der Waals surface area contributed by atoms with Crippen LogP contribution in [0.5, 0.6) is 0 Å². The predicted octanol–water partition coefficient (Wildman–Crippen LogP) is 3.77. The topological polar surface area (TPSA) is 61.4 Å². The number of carbonyl (C=O) groups is 2. The van der Waals surface area contributed by atoms with E-state index in [1.807, 2.05) is 72.8 Å². The highest BCUT2D eigenvalue weighted by atomic mass is 16.2. The number of hydrogen-bond donors (Lipinski definition) is 2. The Morgan fingerprint density at radius 1 is 0.923 bits per heavy atom. The summed E-state index contributed by atoms with van der Waals surface area (Å²) in [6, 6.07) is 22.7. The fourth-order valence-corrected chi connectivity index (χ4v) is 3.34. The van der Waals surface area contributed by atoms with Gasteiger partial charge in [-0.05, 0) is 23.6 Å². The molecule has 0 aliphatic carbocycles. The molecule has 4 rings (SSSR count). The summed E-state index contributed by atoms with van der Waals surface area (Å²) < 4.78 is 0. The zero-order chi connectivity index (χ0) is 17.9. The van der Waals surface area contributed by atoms with Gasteiger partial charge in [-0.15, -0.1) is 0 Å². The molecular weight excluding hydrogens is 326 g/mol. The summed E-state index contributed by atoms with van der Waals surface area (Å²) in [5.74, 6) is 0.0201. The minimum absolute atomic E-state index is 0.0201. The molecule has 0 unspecified atom stereocenters. The van der Waals surface area contributed by atoms with Gasteiger partial charge in [0.05, 0.1) is 11.7 Å². The lowest BCUT2D eigenvalue weighted by Gasteiger charge is -2.17. The summed E-state index contributed by atoms with van der Waals surface area (Å²) in [6.07, 6.45) is 0.303. The van der Waals surface area contributed by atoms with E-state index in [0.717, 1.165) is 22.1 Å². The number of amides is 3. The van der Waals surface area contributed by atoms with Crippen LogP contribution in [0.3, 0.4) is 0 Å².